The van der Waals surface area contributed by atoms with Crippen LogP contribution in [0.15, 0.2) is 0 Å². The molecule has 2 fully saturated rings. The summed E-state index contributed by atoms with van der Waals surface area (Å²) in [5.74, 6) is 0.810. The predicted molar refractivity (Wildman–Crippen MR) is 69.1 cm³/mol. The number of hydrogen-bond donors (Lipinski definition) is 0. The molecule has 3 atom stereocenters. The standard InChI is InChI=1S/C13H21BrO3/c1-9(15)16-7-11-5-4-10(6-14)13(8-17-13)12(11,2)3/h10-11H,4-8H2,1-3H3/t10?,11-,13?/m1/s1. The van der Waals surface area contributed by atoms with Crippen LogP contribution in [0.3, 0.4) is 0 Å². The van der Waals surface area contributed by atoms with E-state index in [9.17, 15) is 4.79 Å². The molecule has 1 saturated carbocycles. The normalized spacial score (nSPS) is 39.1. The molecule has 1 aliphatic heterocycles. The Bertz CT molecular complexity index is 310. The first-order chi connectivity index (χ1) is 7.94. The third kappa shape index (κ3) is 2.14. The first kappa shape index (κ1) is 13.3. The second kappa shape index (κ2) is 4.54. The molecule has 1 aliphatic carbocycles. The molecule has 1 heterocycles. The van der Waals surface area contributed by atoms with Crippen molar-refractivity contribution in [1.29, 1.82) is 0 Å². The van der Waals surface area contributed by atoms with Crippen LogP contribution in [0.5, 0.6) is 0 Å². The minimum Gasteiger partial charge on any atom is -0.466 e. The molecule has 0 radical (unpaired) electrons. The van der Waals surface area contributed by atoms with Gasteiger partial charge in [0.15, 0.2) is 0 Å². The van der Waals surface area contributed by atoms with Crippen LogP contribution >= 0.6 is 15.9 Å². The van der Waals surface area contributed by atoms with E-state index >= 15 is 0 Å². The summed E-state index contributed by atoms with van der Waals surface area (Å²) in [7, 11) is 0. The molecule has 2 unspecified atom stereocenters. The lowest BCUT2D eigenvalue weighted by molar-refractivity contribution is -0.146. The molecule has 0 N–H and O–H groups in total. The SMILES string of the molecule is CC(=O)OC[C@H]1CCC(CBr)C2(CO2)C1(C)C. The maximum Gasteiger partial charge on any atom is 0.302 e. The Morgan fingerprint density at radius 3 is 2.47 bits per heavy atom. The molecule has 2 aliphatic rings. The maximum absolute atomic E-state index is 10.9. The molecular weight excluding hydrogens is 284 g/mol. The quantitative estimate of drug-likeness (QED) is 0.457. The maximum atomic E-state index is 10.9. The monoisotopic (exact) mass is 304 g/mol. The average molecular weight is 305 g/mol. The lowest BCUT2D eigenvalue weighted by Gasteiger charge is -2.47. The average Bonchev–Trinajstić information content (AvgIpc) is 3.02. The zero-order chi connectivity index (χ0) is 12.7. The van der Waals surface area contributed by atoms with Gasteiger partial charge in [-0.05, 0) is 12.8 Å². The Balaban J connectivity index is 2.08. The van der Waals surface area contributed by atoms with E-state index in [0.29, 0.717) is 18.4 Å². The summed E-state index contributed by atoms with van der Waals surface area (Å²) in [5, 5.41) is 0.997. The largest absolute Gasteiger partial charge is 0.466 e. The zero-order valence-corrected chi connectivity index (χ0v) is 12.4. The van der Waals surface area contributed by atoms with Crippen molar-refractivity contribution >= 4 is 21.9 Å². The van der Waals surface area contributed by atoms with Crippen molar-refractivity contribution in [3.05, 3.63) is 0 Å². The predicted octanol–water partition coefficient (Wildman–Crippen LogP) is 2.77. The molecule has 0 amide bonds. The smallest absolute Gasteiger partial charge is 0.302 e. The van der Waals surface area contributed by atoms with E-state index in [2.05, 4.69) is 29.8 Å². The molecule has 0 aromatic rings. The van der Waals surface area contributed by atoms with Crippen LogP contribution in [0.2, 0.25) is 0 Å². The van der Waals surface area contributed by atoms with E-state index in [1.165, 1.54) is 6.92 Å². The second-order valence-corrected chi connectivity index (χ2v) is 6.48. The van der Waals surface area contributed by atoms with Gasteiger partial charge in [0.25, 0.3) is 0 Å². The van der Waals surface area contributed by atoms with Crippen molar-refractivity contribution in [2.24, 2.45) is 17.3 Å². The Morgan fingerprint density at radius 2 is 2.00 bits per heavy atom. The highest BCUT2D eigenvalue weighted by Crippen LogP contribution is 2.59. The summed E-state index contributed by atoms with van der Waals surface area (Å²) < 4.78 is 11.0. The van der Waals surface area contributed by atoms with E-state index < -0.39 is 0 Å². The number of ether oxygens (including phenoxy) is 2. The summed E-state index contributed by atoms with van der Waals surface area (Å²) in [6.07, 6.45) is 2.27. The van der Waals surface area contributed by atoms with Crippen molar-refractivity contribution in [2.75, 3.05) is 18.5 Å². The lowest BCUT2D eigenvalue weighted by atomic mass is 9.58. The van der Waals surface area contributed by atoms with Crippen LogP contribution < -0.4 is 0 Å². The van der Waals surface area contributed by atoms with E-state index in [4.69, 9.17) is 9.47 Å². The summed E-state index contributed by atoms with van der Waals surface area (Å²) in [6, 6.07) is 0. The van der Waals surface area contributed by atoms with E-state index in [-0.39, 0.29) is 17.0 Å². The lowest BCUT2D eigenvalue weighted by Crippen LogP contribution is -2.51. The molecule has 17 heavy (non-hydrogen) atoms. The molecule has 1 spiro atoms. The number of esters is 1. The minimum absolute atomic E-state index is 0.0135. The van der Waals surface area contributed by atoms with Gasteiger partial charge < -0.3 is 9.47 Å². The van der Waals surface area contributed by atoms with Crippen LogP contribution in [-0.2, 0) is 14.3 Å². The van der Waals surface area contributed by atoms with Gasteiger partial charge in [-0.1, -0.05) is 29.8 Å². The van der Waals surface area contributed by atoms with Gasteiger partial charge >= 0.3 is 5.97 Å². The van der Waals surface area contributed by atoms with Crippen LogP contribution in [0, 0.1) is 17.3 Å². The van der Waals surface area contributed by atoms with Gasteiger partial charge in [-0.2, -0.15) is 0 Å². The first-order valence-electron chi connectivity index (χ1n) is 6.27. The van der Waals surface area contributed by atoms with Crippen molar-refractivity contribution < 1.29 is 14.3 Å². The van der Waals surface area contributed by atoms with Gasteiger partial charge in [-0.3, -0.25) is 4.79 Å². The van der Waals surface area contributed by atoms with Crippen molar-refractivity contribution in [3.63, 3.8) is 0 Å². The Hall–Kier alpha value is -0.0900. The highest BCUT2D eigenvalue weighted by Gasteiger charge is 2.65. The number of epoxide rings is 1. The fourth-order valence-electron chi connectivity index (χ4n) is 3.26. The number of halogens is 1. The van der Waals surface area contributed by atoms with E-state index in [0.717, 1.165) is 24.8 Å². The summed E-state index contributed by atoms with van der Waals surface area (Å²) in [6.45, 7) is 7.36. The Labute approximate surface area is 111 Å². The third-order valence-corrected chi connectivity index (χ3v) is 5.55. The zero-order valence-electron chi connectivity index (χ0n) is 10.8. The summed E-state index contributed by atoms with van der Waals surface area (Å²) >= 11 is 3.59. The molecule has 2 rings (SSSR count). The van der Waals surface area contributed by atoms with Crippen LogP contribution in [0.4, 0.5) is 0 Å². The molecule has 3 nitrogen and oxygen atoms in total. The summed E-state index contributed by atoms with van der Waals surface area (Å²) in [4.78, 5) is 10.9. The van der Waals surface area contributed by atoms with Gasteiger partial charge in [-0.25, -0.2) is 0 Å². The van der Waals surface area contributed by atoms with Crippen LogP contribution in [0.25, 0.3) is 0 Å². The summed E-state index contributed by atoms with van der Waals surface area (Å²) in [5.41, 5.74) is 0.0959. The fraction of sp³-hybridized carbons (Fsp3) is 0.923. The number of carbonyl (C=O) groups is 1. The van der Waals surface area contributed by atoms with Gasteiger partial charge in [-0.15, -0.1) is 0 Å². The van der Waals surface area contributed by atoms with Crippen molar-refractivity contribution in [1.82, 2.24) is 0 Å². The molecule has 0 aromatic heterocycles. The first-order valence-corrected chi connectivity index (χ1v) is 7.39. The molecule has 4 heteroatoms. The van der Waals surface area contributed by atoms with Crippen molar-refractivity contribution in [2.45, 2.75) is 39.2 Å². The van der Waals surface area contributed by atoms with Crippen LogP contribution in [0.1, 0.15) is 33.6 Å². The van der Waals surface area contributed by atoms with Crippen molar-refractivity contribution in [3.8, 4) is 0 Å². The fourth-order valence-corrected chi connectivity index (χ4v) is 4.11. The van der Waals surface area contributed by atoms with Crippen LogP contribution in [-0.4, -0.2) is 30.1 Å². The number of hydrogen-bond acceptors (Lipinski definition) is 3. The Kier molecular flexibility index (Phi) is 3.56. The number of alkyl halides is 1. The van der Waals surface area contributed by atoms with Gasteiger partial charge in [0.05, 0.1) is 13.2 Å². The highest BCUT2D eigenvalue weighted by molar-refractivity contribution is 9.09. The number of rotatable bonds is 3. The topological polar surface area (TPSA) is 38.8 Å². The third-order valence-electron chi connectivity index (χ3n) is 4.76. The highest BCUT2D eigenvalue weighted by atomic mass is 79.9. The molecule has 0 bridgehead atoms. The molecule has 98 valence electrons. The van der Waals surface area contributed by atoms with Gasteiger partial charge in [0, 0.05) is 29.5 Å². The number of carbonyl (C=O) groups excluding carboxylic acids is 1. The molecular formula is C13H21BrO3. The van der Waals surface area contributed by atoms with Gasteiger partial charge in [0.1, 0.15) is 5.60 Å². The molecule has 0 aromatic carbocycles. The van der Waals surface area contributed by atoms with E-state index in [1.54, 1.807) is 0 Å². The van der Waals surface area contributed by atoms with Gasteiger partial charge in [0.2, 0.25) is 0 Å². The van der Waals surface area contributed by atoms with E-state index in [1.807, 2.05) is 0 Å². The Morgan fingerprint density at radius 1 is 1.41 bits per heavy atom. The molecule has 1 saturated heterocycles. The second-order valence-electron chi connectivity index (χ2n) is 5.83. The minimum atomic E-state index is -0.186.